The third-order valence-electron chi connectivity index (χ3n) is 2.88. The molecule has 0 aliphatic heterocycles. The third-order valence-corrected chi connectivity index (χ3v) is 4.98. The van der Waals surface area contributed by atoms with Gasteiger partial charge in [0.1, 0.15) is 0 Å². The zero-order chi connectivity index (χ0) is 15.6. The van der Waals surface area contributed by atoms with Crippen LogP contribution < -0.4 is 5.73 Å². The molecular weight excluding hydrogens is 291 g/mol. The number of rotatable bonds is 5. The Morgan fingerprint density at radius 1 is 1.15 bits per heavy atom. The monoisotopic (exact) mass is 309 g/mol. The Morgan fingerprint density at radius 2 is 1.65 bits per heavy atom. The summed E-state index contributed by atoms with van der Waals surface area (Å²) in [5, 5.41) is -2.40. The fraction of sp³-hybridized carbons (Fsp3) is 0.538. The van der Waals surface area contributed by atoms with Gasteiger partial charge < -0.3 is 5.73 Å². The van der Waals surface area contributed by atoms with Crippen LogP contribution in [0.4, 0.5) is 13.2 Å². The Morgan fingerprint density at radius 3 is 2.05 bits per heavy atom. The van der Waals surface area contributed by atoms with Gasteiger partial charge >= 0.3 is 6.18 Å². The molecule has 1 unspecified atom stereocenters. The number of hydrogen-bond donors (Lipinski definition) is 1. The van der Waals surface area contributed by atoms with Crippen LogP contribution in [0.15, 0.2) is 18.2 Å². The van der Waals surface area contributed by atoms with Crippen LogP contribution in [0, 0.1) is 13.8 Å². The van der Waals surface area contributed by atoms with E-state index in [1.165, 1.54) is 0 Å². The van der Waals surface area contributed by atoms with E-state index in [0.717, 1.165) is 11.1 Å². The fourth-order valence-electron chi connectivity index (χ4n) is 2.18. The fourth-order valence-corrected chi connectivity index (χ4v) is 3.92. The van der Waals surface area contributed by atoms with Crippen molar-refractivity contribution in [2.24, 2.45) is 5.73 Å². The maximum atomic E-state index is 12.8. The largest absolute Gasteiger partial charge is 0.405 e. The first-order valence-electron chi connectivity index (χ1n) is 6.12. The predicted octanol–water partition coefficient (Wildman–Crippen LogP) is 2.50. The molecule has 0 aliphatic carbocycles. The minimum Gasteiger partial charge on any atom is -0.330 e. The Bertz CT molecular complexity index is 547. The highest BCUT2D eigenvalue weighted by Crippen LogP contribution is 2.30. The SMILES string of the molecule is Cc1cc(C)cc(CS(=O)(=O)C(CCN)C(F)(F)F)c1. The molecule has 0 saturated carbocycles. The van der Waals surface area contributed by atoms with E-state index < -0.39 is 33.4 Å². The normalized spacial score (nSPS) is 14.3. The van der Waals surface area contributed by atoms with Crippen molar-refractivity contribution in [2.45, 2.75) is 37.4 Å². The van der Waals surface area contributed by atoms with Crippen LogP contribution in [0.25, 0.3) is 0 Å². The molecule has 0 aliphatic rings. The standard InChI is InChI=1S/C13H18F3NO2S/c1-9-5-10(2)7-11(6-9)8-20(18,19)12(3-4-17)13(14,15)16/h5-7,12H,3-4,8,17H2,1-2H3. The van der Waals surface area contributed by atoms with E-state index in [1.807, 2.05) is 6.07 Å². The highest BCUT2D eigenvalue weighted by Gasteiger charge is 2.47. The minimum atomic E-state index is -4.79. The highest BCUT2D eigenvalue weighted by atomic mass is 32.2. The van der Waals surface area contributed by atoms with Gasteiger partial charge in [0.15, 0.2) is 15.1 Å². The first-order valence-corrected chi connectivity index (χ1v) is 7.83. The van der Waals surface area contributed by atoms with Crippen molar-refractivity contribution in [3.63, 3.8) is 0 Å². The Balaban J connectivity index is 3.09. The summed E-state index contributed by atoms with van der Waals surface area (Å²) in [6, 6.07) is 5.00. The molecule has 20 heavy (non-hydrogen) atoms. The molecule has 0 heterocycles. The van der Waals surface area contributed by atoms with Gasteiger partial charge in [0.25, 0.3) is 0 Å². The van der Waals surface area contributed by atoms with Crippen LogP contribution in [-0.4, -0.2) is 26.4 Å². The summed E-state index contributed by atoms with van der Waals surface area (Å²) in [5.74, 6) is -0.625. The van der Waals surface area contributed by atoms with Gasteiger partial charge in [-0.3, -0.25) is 0 Å². The summed E-state index contributed by atoms with van der Waals surface area (Å²) >= 11 is 0. The Labute approximate surface area is 116 Å². The molecule has 0 amide bonds. The number of hydrogen-bond acceptors (Lipinski definition) is 3. The summed E-state index contributed by atoms with van der Waals surface area (Å²) < 4.78 is 62.5. The highest BCUT2D eigenvalue weighted by molar-refractivity contribution is 7.91. The lowest BCUT2D eigenvalue weighted by molar-refractivity contribution is -0.131. The van der Waals surface area contributed by atoms with Gasteiger partial charge in [-0.2, -0.15) is 13.2 Å². The quantitative estimate of drug-likeness (QED) is 0.909. The predicted molar refractivity (Wildman–Crippen MR) is 72.1 cm³/mol. The van der Waals surface area contributed by atoms with Gasteiger partial charge in [-0.1, -0.05) is 29.3 Å². The van der Waals surface area contributed by atoms with Crippen molar-refractivity contribution < 1.29 is 21.6 Å². The maximum absolute atomic E-state index is 12.8. The Hall–Kier alpha value is -1.08. The van der Waals surface area contributed by atoms with E-state index >= 15 is 0 Å². The molecule has 1 rings (SSSR count). The first kappa shape index (κ1) is 17.0. The summed E-state index contributed by atoms with van der Waals surface area (Å²) in [4.78, 5) is 0. The lowest BCUT2D eigenvalue weighted by Crippen LogP contribution is -2.39. The van der Waals surface area contributed by atoms with Gasteiger partial charge in [0.2, 0.25) is 0 Å². The summed E-state index contributed by atoms with van der Waals surface area (Å²) in [6.45, 7) is 3.21. The molecule has 0 spiro atoms. The molecule has 114 valence electrons. The van der Waals surface area contributed by atoms with Gasteiger partial charge in [0, 0.05) is 0 Å². The zero-order valence-electron chi connectivity index (χ0n) is 11.4. The number of aryl methyl sites for hydroxylation is 2. The van der Waals surface area contributed by atoms with Crippen LogP contribution >= 0.6 is 0 Å². The molecule has 0 saturated heterocycles. The lowest BCUT2D eigenvalue weighted by Gasteiger charge is -2.20. The lowest BCUT2D eigenvalue weighted by atomic mass is 10.1. The molecule has 0 aromatic heterocycles. The average molecular weight is 309 g/mol. The zero-order valence-corrected chi connectivity index (χ0v) is 12.2. The van der Waals surface area contributed by atoms with E-state index in [-0.39, 0.29) is 6.54 Å². The second-order valence-electron chi connectivity index (χ2n) is 4.91. The molecule has 1 aromatic rings. The van der Waals surface area contributed by atoms with Crippen LogP contribution in [0.1, 0.15) is 23.1 Å². The molecule has 0 bridgehead atoms. The van der Waals surface area contributed by atoms with Gasteiger partial charge in [-0.15, -0.1) is 0 Å². The molecule has 3 nitrogen and oxygen atoms in total. The van der Waals surface area contributed by atoms with Crippen molar-refractivity contribution in [1.29, 1.82) is 0 Å². The van der Waals surface area contributed by atoms with E-state index in [2.05, 4.69) is 0 Å². The minimum absolute atomic E-state index is 0.323. The van der Waals surface area contributed by atoms with Gasteiger partial charge in [0.05, 0.1) is 5.75 Å². The average Bonchev–Trinajstić information content (AvgIpc) is 2.21. The maximum Gasteiger partial charge on any atom is 0.405 e. The van der Waals surface area contributed by atoms with E-state index in [1.54, 1.807) is 26.0 Å². The van der Waals surface area contributed by atoms with Gasteiger partial charge in [-0.05, 0) is 32.4 Å². The van der Waals surface area contributed by atoms with Crippen LogP contribution in [0.2, 0.25) is 0 Å². The third kappa shape index (κ3) is 4.49. The summed E-state index contributed by atoms with van der Waals surface area (Å²) in [6.07, 6.45) is -5.41. The van der Waals surface area contributed by atoms with E-state index in [4.69, 9.17) is 5.73 Å². The molecule has 1 aromatic carbocycles. The number of sulfone groups is 1. The second-order valence-corrected chi connectivity index (χ2v) is 7.09. The second kappa shape index (κ2) is 6.13. The van der Waals surface area contributed by atoms with E-state index in [9.17, 15) is 21.6 Å². The smallest absolute Gasteiger partial charge is 0.330 e. The van der Waals surface area contributed by atoms with Crippen molar-refractivity contribution in [3.05, 3.63) is 34.9 Å². The van der Waals surface area contributed by atoms with Crippen LogP contribution in [0.3, 0.4) is 0 Å². The molecule has 0 radical (unpaired) electrons. The van der Waals surface area contributed by atoms with Crippen molar-refractivity contribution in [1.82, 2.24) is 0 Å². The van der Waals surface area contributed by atoms with Crippen molar-refractivity contribution in [2.75, 3.05) is 6.54 Å². The van der Waals surface area contributed by atoms with Crippen LogP contribution in [0.5, 0.6) is 0 Å². The van der Waals surface area contributed by atoms with Crippen molar-refractivity contribution in [3.8, 4) is 0 Å². The van der Waals surface area contributed by atoms with E-state index in [0.29, 0.717) is 5.56 Å². The number of nitrogens with two attached hydrogens (primary N) is 1. The van der Waals surface area contributed by atoms with Crippen LogP contribution in [-0.2, 0) is 15.6 Å². The molecule has 7 heteroatoms. The summed E-state index contributed by atoms with van der Waals surface area (Å²) in [5.41, 5.74) is 7.10. The number of halogens is 3. The topological polar surface area (TPSA) is 60.2 Å². The molecular formula is C13H18F3NO2S. The van der Waals surface area contributed by atoms with Crippen molar-refractivity contribution >= 4 is 9.84 Å². The molecule has 1 atom stereocenters. The molecule has 2 N–H and O–H groups in total. The number of benzene rings is 1. The Kier molecular flexibility index (Phi) is 5.21. The summed E-state index contributed by atoms with van der Waals surface area (Å²) in [7, 11) is -4.33. The number of alkyl halides is 3. The van der Waals surface area contributed by atoms with Gasteiger partial charge in [-0.25, -0.2) is 8.42 Å². The first-order chi connectivity index (χ1) is 9.06. The molecule has 0 fully saturated rings.